The second-order valence-corrected chi connectivity index (χ2v) is 7.59. The average Bonchev–Trinajstić information content (AvgIpc) is 3.22. The molecule has 0 aromatic heterocycles. The van der Waals surface area contributed by atoms with Crippen molar-refractivity contribution in [2.75, 3.05) is 6.54 Å². The van der Waals surface area contributed by atoms with Gasteiger partial charge in [0, 0.05) is 20.7 Å². The van der Waals surface area contributed by atoms with E-state index in [0.717, 1.165) is 12.0 Å². The van der Waals surface area contributed by atoms with Gasteiger partial charge in [0.25, 0.3) is 0 Å². The van der Waals surface area contributed by atoms with Crippen LogP contribution in [0.5, 0.6) is 0 Å². The molecule has 1 nitrogen and oxygen atoms in total. The maximum absolute atomic E-state index is 2.67. The molecule has 2 atom stereocenters. The minimum Gasteiger partial charge on any atom is -0.269 e. The summed E-state index contributed by atoms with van der Waals surface area (Å²) in [4.78, 5) is 0. The van der Waals surface area contributed by atoms with Gasteiger partial charge < -0.3 is 0 Å². The van der Waals surface area contributed by atoms with Gasteiger partial charge in [-0.3, -0.25) is 4.67 Å². The molecule has 0 spiro atoms. The first-order valence-electron chi connectivity index (χ1n) is 6.94. The molecule has 3 rings (SSSR count). The molecule has 0 N–H and O–H groups in total. The van der Waals surface area contributed by atoms with Crippen molar-refractivity contribution in [1.82, 2.24) is 4.67 Å². The van der Waals surface area contributed by atoms with Gasteiger partial charge in [-0.15, -0.1) is 0 Å². The van der Waals surface area contributed by atoms with Crippen LogP contribution in [0.2, 0.25) is 0 Å². The summed E-state index contributed by atoms with van der Waals surface area (Å²) in [6.07, 6.45) is 0. The molecule has 1 aliphatic heterocycles. The first-order valence-corrected chi connectivity index (χ1v) is 8.23. The zero-order valence-corrected chi connectivity index (χ0v) is 12.4. The summed E-state index contributed by atoms with van der Waals surface area (Å²) in [6.45, 7) is 5.90. The normalized spacial score (nSPS) is 21.9. The van der Waals surface area contributed by atoms with E-state index in [1.807, 2.05) is 0 Å². The second-order valence-electron chi connectivity index (χ2n) is 5.42. The SMILES string of the molecule is CC(C)[C@H]1CN1P(c1ccccc1)c1ccccc1. The Morgan fingerprint density at radius 1 is 0.895 bits per heavy atom. The van der Waals surface area contributed by atoms with Gasteiger partial charge in [0.05, 0.1) is 0 Å². The molecule has 0 amide bonds. The van der Waals surface area contributed by atoms with Crippen LogP contribution in [0.3, 0.4) is 0 Å². The Morgan fingerprint density at radius 3 is 1.74 bits per heavy atom. The number of hydrogen-bond donors (Lipinski definition) is 0. The van der Waals surface area contributed by atoms with Crippen LogP contribution in [0.15, 0.2) is 60.7 Å². The average molecular weight is 269 g/mol. The molecule has 2 aromatic rings. The molecule has 0 bridgehead atoms. The number of rotatable bonds is 4. The van der Waals surface area contributed by atoms with Crippen LogP contribution in [-0.4, -0.2) is 17.3 Å². The van der Waals surface area contributed by atoms with Crippen molar-refractivity contribution in [3.63, 3.8) is 0 Å². The molecule has 1 heterocycles. The fraction of sp³-hybridized carbons (Fsp3) is 0.294. The van der Waals surface area contributed by atoms with E-state index in [1.165, 1.54) is 17.2 Å². The van der Waals surface area contributed by atoms with E-state index in [4.69, 9.17) is 0 Å². The number of nitrogens with zero attached hydrogens (tertiary/aromatic N) is 1. The highest BCUT2D eigenvalue weighted by Crippen LogP contribution is 2.49. The zero-order valence-electron chi connectivity index (χ0n) is 11.5. The number of hydrogen-bond acceptors (Lipinski definition) is 1. The Morgan fingerprint density at radius 2 is 1.37 bits per heavy atom. The van der Waals surface area contributed by atoms with Crippen LogP contribution in [0.25, 0.3) is 0 Å². The van der Waals surface area contributed by atoms with Crippen LogP contribution < -0.4 is 10.6 Å². The van der Waals surface area contributed by atoms with Gasteiger partial charge in [-0.1, -0.05) is 74.5 Å². The predicted molar refractivity (Wildman–Crippen MR) is 84.4 cm³/mol. The highest BCUT2D eigenvalue weighted by Gasteiger charge is 2.42. The Kier molecular flexibility index (Phi) is 3.68. The van der Waals surface area contributed by atoms with Crippen molar-refractivity contribution >= 4 is 18.7 Å². The molecular weight excluding hydrogens is 249 g/mol. The van der Waals surface area contributed by atoms with Crippen molar-refractivity contribution < 1.29 is 0 Å². The third-order valence-corrected chi connectivity index (χ3v) is 6.20. The lowest BCUT2D eigenvalue weighted by Gasteiger charge is -2.21. The van der Waals surface area contributed by atoms with Gasteiger partial charge in [-0.2, -0.15) is 0 Å². The quantitative estimate of drug-likeness (QED) is 0.607. The number of benzene rings is 2. The van der Waals surface area contributed by atoms with Crippen LogP contribution in [0, 0.1) is 5.92 Å². The largest absolute Gasteiger partial charge is 0.269 e. The van der Waals surface area contributed by atoms with Gasteiger partial charge in [0.15, 0.2) is 0 Å². The molecule has 98 valence electrons. The predicted octanol–water partition coefficient (Wildman–Crippen LogP) is 3.37. The molecule has 2 aromatic carbocycles. The van der Waals surface area contributed by atoms with Crippen molar-refractivity contribution in [1.29, 1.82) is 0 Å². The molecule has 1 saturated heterocycles. The van der Waals surface area contributed by atoms with Gasteiger partial charge in [0.1, 0.15) is 0 Å². The van der Waals surface area contributed by atoms with Crippen molar-refractivity contribution in [2.24, 2.45) is 5.92 Å². The van der Waals surface area contributed by atoms with E-state index in [9.17, 15) is 0 Å². The molecule has 1 unspecified atom stereocenters. The van der Waals surface area contributed by atoms with Crippen LogP contribution in [-0.2, 0) is 0 Å². The van der Waals surface area contributed by atoms with Crippen molar-refractivity contribution in [3.8, 4) is 0 Å². The van der Waals surface area contributed by atoms with E-state index >= 15 is 0 Å². The molecular formula is C17H20NP. The Hall–Kier alpha value is -1.17. The van der Waals surface area contributed by atoms with E-state index in [-0.39, 0.29) is 8.07 Å². The monoisotopic (exact) mass is 269 g/mol. The highest BCUT2D eigenvalue weighted by atomic mass is 31.1. The minimum atomic E-state index is -0.337. The Bertz CT molecular complexity index is 484. The van der Waals surface area contributed by atoms with Gasteiger partial charge in [-0.05, 0) is 16.5 Å². The third kappa shape index (κ3) is 2.73. The molecule has 19 heavy (non-hydrogen) atoms. The van der Waals surface area contributed by atoms with Crippen molar-refractivity contribution in [3.05, 3.63) is 60.7 Å². The summed E-state index contributed by atoms with van der Waals surface area (Å²) in [5, 5.41) is 2.93. The molecule has 0 radical (unpaired) electrons. The van der Waals surface area contributed by atoms with Gasteiger partial charge in [0.2, 0.25) is 0 Å². The van der Waals surface area contributed by atoms with Gasteiger partial charge >= 0.3 is 0 Å². The summed E-state index contributed by atoms with van der Waals surface area (Å²) in [7, 11) is -0.337. The van der Waals surface area contributed by atoms with Crippen LogP contribution in [0.1, 0.15) is 13.8 Å². The summed E-state index contributed by atoms with van der Waals surface area (Å²) < 4.78 is 2.67. The molecule has 1 aliphatic rings. The zero-order chi connectivity index (χ0) is 13.2. The van der Waals surface area contributed by atoms with E-state index in [2.05, 4.69) is 79.2 Å². The maximum Gasteiger partial charge on any atom is 0.0294 e. The first-order chi connectivity index (χ1) is 9.27. The van der Waals surface area contributed by atoms with Crippen LogP contribution >= 0.6 is 8.07 Å². The highest BCUT2D eigenvalue weighted by molar-refractivity contribution is 7.71. The summed E-state index contributed by atoms with van der Waals surface area (Å²) in [5.41, 5.74) is 0. The third-order valence-electron chi connectivity index (χ3n) is 3.65. The fourth-order valence-electron chi connectivity index (χ4n) is 2.51. The second kappa shape index (κ2) is 5.45. The first kappa shape index (κ1) is 12.8. The molecule has 2 heteroatoms. The van der Waals surface area contributed by atoms with E-state index < -0.39 is 0 Å². The Balaban J connectivity index is 1.94. The summed E-state index contributed by atoms with van der Waals surface area (Å²) in [6, 6.07) is 22.7. The minimum absolute atomic E-state index is 0.337. The molecule has 0 aliphatic carbocycles. The smallest absolute Gasteiger partial charge is 0.0294 e. The summed E-state index contributed by atoms with van der Waals surface area (Å²) in [5.74, 6) is 0.748. The van der Waals surface area contributed by atoms with E-state index in [1.54, 1.807) is 0 Å². The van der Waals surface area contributed by atoms with E-state index in [0.29, 0.717) is 0 Å². The molecule has 1 fully saturated rings. The fourth-order valence-corrected chi connectivity index (χ4v) is 5.21. The van der Waals surface area contributed by atoms with Crippen LogP contribution in [0.4, 0.5) is 0 Å². The Labute approximate surface area is 117 Å². The summed E-state index contributed by atoms with van der Waals surface area (Å²) >= 11 is 0. The maximum atomic E-state index is 2.67. The lowest BCUT2D eigenvalue weighted by molar-refractivity contribution is 0.579. The lowest BCUT2D eigenvalue weighted by atomic mass is 10.1. The lowest BCUT2D eigenvalue weighted by Crippen LogP contribution is -2.19. The standard InChI is InChI=1S/C17H20NP/c1-14(2)17-13-18(17)19(15-9-5-3-6-10-15)16-11-7-4-8-12-16/h3-12,14,17H,13H2,1-2H3/t17-,18?/m1/s1. The topological polar surface area (TPSA) is 3.01 Å². The van der Waals surface area contributed by atoms with Crippen molar-refractivity contribution in [2.45, 2.75) is 19.9 Å². The molecule has 0 saturated carbocycles. The van der Waals surface area contributed by atoms with Gasteiger partial charge in [-0.25, -0.2) is 0 Å².